The first-order valence-electron chi connectivity index (χ1n) is 12.0. The Morgan fingerprint density at radius 2 is 2.00 bits per heavy atom. The first kappa shape index (κ1) is 23.5. The lowest BCUT2D eigenvalue weighted by Gasteiger charge is -2.44. The fraction of sp³-hybridized carbons (Fsp3) is 0.741. The van der Waals surface area contributed by atoms with Crippen molar-refractivity contribution in [2.24, 2.45) is 23.2 Å². The van der Waals surface area contributed by atoms with Crippen LogP contribution < -0.4 is 0 Å². The average molecular weight is 415 g/mol. The lowest BCUT2D eigenvalue weighted by Crippen LogP contribution is -2.36. The Hall–Kier alpha value is -1.19. The van der Waals surface area contributed by atoms with Gasteiger partial charge in [0.1, 0.15) is 5.60 Å². The number of fused-ring (bicyclic) bond motifs is 1. The molecular formula is C27H42O3. The van der Waals surface area contributed by atoms with E-state index in [2.05, 4.69) is 32.6 Å². The lowest BCUT2D eigenvalue weighted by atomic mass is 9.60. The molecule has 3 saturated carbocycles. The zero-order valence-electron chi connectivity index (χ0n) is 19.5. The van der Waals surface area contributed by atoms with E-state index in [9.17, 15) is 15.0 Å². The highest BCUT2D eigenvalue weighted by Crippen LogP contribution is 2.59. The number of aliphatic hydroxyl groups is 2. The highest BCUT2D eigenvalue weighted by Gasteiger charge is 2.50. The Morgan fingerprint density at radius 3 is 2.70 bits per heavy atom. The van der Waals surface area contributed by atoms with Crippen LogP contribution in [0.2, 0.25) is 0 Å². The second-order valence-corrected chi connectivity index (χ2v) is 11.0. The third-order valence-electron chi connectivity index (χ3n) is 8.42. The Bertz CT molecular complexity index is 723. The SMILES string of the molecule is C=C1CC[C@H](O)CC1=C/C=C1\CCC[C@@]2(C)[C@@H]1CC[C@@H]2[C@H](C)CCC(=O)C(C)(C)O. The van der Waals surface area contributed by atoms with Crippen LogP contribution in [0.5, 0.6) is 0 Å². The van der Waals surface area contributed by atoms with Crippen molar-refractivity contribution in [3.63, 3.8) is 0 Å². The molecule has 168 valence electrons. The van der Waals surface area contributed by atoms with Gasteiger partial charge in [0, 0.05) is 6.42 Å². The van der Waals surface area contributed by atoms with E-state index in [1.165, 1.54) is 43.3 Å². The normalized spacial score (nSPS) is 36.2. The van der Waals surface area contributed by atoms with Gasteiger partial charge in [-0.1, -0.05) is 43.7 Å². The molecule has 0 unspecified atom stereocenters. The molecule has 0 aliphatic heterocycles. The van der Waals surface area contributed by atoms with E-state index in [1.54, 1.807) is 19.4 Å². The van der Waals surface area contributed by atoms with Crippen LogP contribution in [0, 0.1) is 23.2 Å². The van der Waals surface area contributed by atoms with Gasteiger partial charge in [0.15, 0.2) is 5.78 Å². The molecule has 3 heteroatoms. The van der Waals surface area contributed by atoms with Crippen LogP contribution in [0.3, 0.4) is 0 Å². The van der Waals surface area contributed by atoms with E-state index in [0.29, 0.717) is 29.6 Å². The Labute approximate surface area is 183 Å². The summed E-state index contributed by atoms with van der Waals surface area (Å²) in [6, 6.07) is 0. The van der Waals surface area contributed by atoms with Crippen LogP contribution in [-0.2, 0) is 4.79 Å². The number of carbonyl (C=O) groups is 1. The quantitative estimate of drug-likeness (QED) is 0.568. The van der Waals surface area contributed by atoms with E-state index in [0.717, 1.165) is 25.7 Å². The molecule has 0 radical (unpaired) electrons. The van der Waals surface area contributed by atoms with Crippen molar-refractivity contribution in [3.05, 3.63) is 35.5 Å². The maximum absolute atomic E-state index is 12.2. The summed E-state index contributed by atoms with van der Waals surface area (Å²) >= 11 is 0. The maximum atomic E-state index is 12.2. The molecule has 30 heavy (non-hydrogen) atoms. The number of hydrogen-bond acceptors (Lipinski definition) is 3. The molecule has 3 fully saturated rings. The highest BCUT2D eigenvalue weighted by molar-refractivity contribution is 5.86. The monoisotopic (exact) mass is 414 g/mol. The summed E-state index contributed by atoms with van der Waals surface area (Å²) in [5.41, 5.74) is 3.08. The molecule has 3 nitrogen and oxygen atoms in total. The molecular weight excluding hydrogens is 372 g/mol. The number of aliphatic hydroxyl groups excluding tert-OH is 1. The number of hydrogen-bond donors (Lipinski definition) is 2. The van der Waals surface area contributed by atoms with Crippen LogP contribution in [0.1, 0.15) is 91.9 Å². The van der Waals surface area contributed by atoms with Crippen molar-refractivity contribution in [3.8, 4) is 0 Å². The minimum atomic E-state index is -1.22. The summed E-state index contributed by atoms with van der Waals surface area (Å²) in [5, 5.41) is 20.0. The van der Waals surface area contributed by atoms with Gasteiger partial charge in [-0.05, 0) is 100 Å². The topological polar surface area (TPSA) is 57.5 Å². The van der Waals surface area contributed by atoms with Crippen LogP contribution in [0.15, 0.2) is 35.5 Å². The smallest absolute Gasteiger partial charge is 0.163 e. The zero-order valence-corrected chi connectivity index (χ0v) is 19.5. The van der Waals surface area contributed by atoms with Gasteiger partial charge in [0.05, 0.1) is 6.10 Å². The summed E-state index contributed by atoms with van der Waals surface area (Å²) in [5.74, 6) is 1.72. The summed E-state index contributed by atoms with van der Waals surface area (Å²) in [4.78, 5) is 12.2. The van der Waals surface area contributed by atoms with Crippen LogP contribution >= 0.6 is 0 Å². The van der Waals surface area contributed by atoms with E-state index in [1.807, 2.05) is 0 Å². The van der Waals surface area contributed by atoms with Gasteiger partial charge in [-0.3, -0.25) is 4.79 Å². The standard InChI is InChI=1S/C27H42O3/c1-18-8-12-22(28)17-21(18)11-10-20-7-6-16-27(5)23(13-14-24(20)27)19(2)9-15-25(29)26(3,4)30/h10-11,19,22-24,28,30H,1,6-9,12-17H2,2-5H3/b20-10+,21-11?/t19-,22+,23-,24-,27-/m1/s1. The van der Waals surface area contributed by atoms with E-state index >= 15 is 0 Å². The highest BCUT2D eigenvalue weighted by atomic mass is 16.3. The summed E-state index contributed by atoms with van der Waals surface area (Å²) in [6.45, 7) is 12.2. The Morgan fingerprint density at radius 1 is 1.27 bits per heavy atom. The molecule has 0 bridgehead atoms. The molecule has 3 rings (SSSR count). The molecule has 0 aromatic carbocycles. The predicted molar refractivity (Wildman–Crippen MR) is 123 cm³/mol. The third kappa shape index (κ3) is 4.99. The van der Waals surface area contributed by atoms with Gasteiger partial charge in [0.25, 0.3) is 0 Å². The van der Waals surface area contributed by atoms with Gasteiger partial charge in [-0.15, -0.1) is 0 Å². The number of ketones is 1. The molecule has 0 spiro atoms. The number of Topliss-reactive ketones (excluding diaryl/α,β-unsaturated/α-hetero) is 1. The third-order valence-corrected chi connectivity index (χ3v) is 8.42. The van der Waals surface area contributed by atoms with Gasteiger partial charge in [0.2, 0.25) is 0 Å². The Balaban J connectivity index is 1.70. The van der Waals surface area contributed by atoms with Crippen molar-refractivity contribution < 1.29 is 15.0 Å². The van der Waals surface area contributed by atoms with Crippen molar-refractivity contribution in [1.82, 2.24) is 0 Å². The second-order valence-electron chi connectivity index (χ2n) is 11.0. The van der Waals surface area contributed by atoms with E-state index in [4.69, 9.17) is 0 Å². The van der Waals surface area contributed by atoms with Crippen LogP contribution in [0.25, 0.3) is 0 Å². The molecule has 0 aromatic rings. The van der Waals surface area contributed by atoms with Crippen molar-refractivity contribution >= 4 is 5.78 Å². The minimum absolute atomic E-state index is 0.0418. The van der Waals surface area contributed by atoms with E-state index < -0.39 is 5.60 Å². The van der Waals surface area contributed by atoms with Crippen LogP contribution in [0.4, 0.5) is 0 Å². The van der Waals surface area contributed by atoms with Gasteiger partial charge >= 0.3 is 0 Å². The summed E-state index contributed by atoms with van der Waals surface area (Å²) < 4.78 is 0. The maximum Gasteiger partial charge on any atom is 0.163 e. The summed E-state index contributed by atoms with van der Waals surface area (Å²) in [7, 11) is 0. The fourth-order valence-electron chi connectivity index (χ4n) is 6.48. The molecule has 3 aliphatic rings. The van der Waals surface area contributed by atoms with E-state index in [-0.39, 0.29) is 11.9 Å². The van der Waals surface area contributed by atoms with Gasteiger partial charge in [-0.2, -0.15) is 0 Å². The van der Waals surface area contributed by atoms with Crippen molar-refractivity contribution in [1.29, 1.82) is 0 Å². The largest absolute Gasteiger partial charge is 0.393 e. The summed E-state index contributed by atoms with van der Waals surface area (Å²) in [6.07, 6.45) is 14.3. The molecule has 0 saturated heterocycles. The zero-order chi connectivity index (χ0) is 22.1. The molecule has 5 atom stereocenters. The second kappa shape index (κ2) is 9.12. The predicted octanol–water partition coefficient (Wildman–Crippen LogP) is 5.91. The Kier molecular flexibility index (Phi) is 7.14. The molecule has 2 N–H and O–H groups in total. The van der Waals surface area contributed by atoms with Gasteiger partial charge in [-0.25, -0.2) is 0 Å². The molecule has 0 heterocycles. The fourth-order valence-corrected chi connectivity index (χ4v) is 6.48. The van der Waals surface area contributed by atoms with Gasteiger partial charge < -0.3 is 10.2 Å². The molecule has 3 aliphatic carbocycles. The van der Waals surface area contributed by atoms with Crippen molar-refractivity contribution in [2.45, 2.75) is 104 Å². The minimum Gasteiger partial charge on any atom is -0.393 e. The number of rotatable bonds is 6. The lowest BCUT2D eigenvalue weighted by molar-refractivity contribution is -0.134. The first-order valence-corrected chi connectivity index (χ1v) is 12.0. The number of carbonyl (C=O) groups excluding carboxylic acids is 1. The first-order chi connectivity index (χ1) is 14.0. The van der Waals surface area contributed by atoms with Crippen LogP contribution in [-0.4, -0.2) is 27.7 Å². The average Bonchev–Trinajstić information content (AvgIpc) is 3.03. The molecule has 0 amide bonds. The van der Waals surface area contributed by atoms with Crippen molar-refractivity contribution in [2.75, 3.05) is 0 Å². The molecule has 0 aromatic heterocycles. The number of allylic oxidation sites excluding steroid dienone is 4.